The van der Waals surface area contributed by atoms with Crippen LogP contribution >= 0.6 is 0 Å². The predicted octanol–water partition coefficient (Wildman–Crippen LogP) is 13.6. The number of nitrogens with zero attached hydrogens (tertiary/aromatic N) is 2. The van der Waals surface area contributed by atoms with Crippen molar-refractivity contribution in [2.45, 2.75) is 240 Å². The van der Waals surface area contributed by atoms with Crippen LogP contribution in [0.25, 0.3) is 0 Å². The fourth-order valence-electron chi connectivity index (χ4n) is 7.70. The molecule has 0 heterocycles. The molecule has 0 aromatic heterocycles. The highest BCUT2D eigenvalue weighted by atomic mass is 16.5. The van der Waals surface area contributed by atoms with Gasteiger partial charge in [-0.15, -0.1) is 0 Å². The minimum atomic E-state index is -0.106. The standard InChI is InChI=1S/C49H96N2O5/c1-7-12-16-20-24-28-32-36-45(37-33-29-25-21-17-13-8-2)48(53)55-42-40-51(47(52)44-50(6)11-5)41-43-56-49(54)46(38-34-30-26-22-18-14-9-3)39-35-31-27-23-19-15-10-4/h45-46H,7-44H2,1-6H3. The monoisotopic (exact) mass is 793 g/mol. The summed E-state index contributed by atoms with van der Waals surface area (Å²) in [5, 5.41) is 0. The van der Waals surface area contributed by atoms with E-state index >= 15 is 0 Å². The lowest BCUT2D eigenvalue weighted by atomic mass is 9.94. The van der Waals surface area contributed by atoms with E-state index in [4.69, 9.17) is 9.47 Å². The van der Waals surface area contributed by atoms with Gasteiger partial charge in [0.2, 0.25) is 5.91 Å². The highest BCUT2D eigenvalue weighted by Crippen LogP contribution is 2.23. The maximum atomic E-state index is 13.5. The second kappa shape index (κ2) is 41.5. The molecule has 7 heteroatoms. The third-order valence-corrected chi connectivity index (χ3v) is 11.8. The number of amides is 1. The highest BCUT2D eigenvalue weighted by molar-refractivity contribution is 5.78. The SMILES string of the molecule is CCCCCCCCCC(CCCCCCCCC)C(=O)OCCN(CCOC(=O)C(CCCCCCCCC)CCCCCCCCC)C(=O)CN(C)CC. The molecule has 1 amide bonds. The zero-order valence-electron chi connectivity index (χ0n) is 38.5. The molecule has 0 aliphatic carbocycles. The number of hydrogen-bond donors (Lipinski definition) is 0. The lowest BCUT2D eigenvalue weighted by Crippen LogP contribution is -2.43. The van der Waals surface area contributed by atoms with Crippen molar-refractivity contribution >= 4 is 17.8 Å². The molecule has 0 N–H and O–H groups in total. The van der Waals surface area contributed by atoms with E-state index in [1.54, 1.807) is 4.90 Å². The Labute approximate surface area is 348 Å². The molecule has 0 unspecified atom stereocenters. The summed E-state index contributed by atoms with van der Waals surface area (Å²) in [5.41, 5.74) is 0. The minimum Gasteiger partial charge on any atom is -0.464 e. The van der Waals surface area contributed by atoms with Crippen LogP contribution in [0.4, 0.5) is 0 Å². The first-order valence-electron chi connectivity index (χ1n) is 24.6. The summed E-state index contributed by atoms with van der Waals surface area (Å²) >= 11 is 0. The number of esters is 2. The number of likely N-dealkylation sites (N-methyl/N-ethyl adjacent to an activating group) is 1. The molecule has 0 aromatic carbocycles. The number of ether oxygens (including phenoxy) is 2. The molecule has 0 aromatic rings. The van der Waals surface area contributed by atoms with E-state index in [2.05, 4.69) is 27.7 Å². The quantitative estimate of drug-likeness (QED) is 0.0452. The van der Waals surface area contributed by atoms with Crippen LogP contribution in [0, 0.1) is 11.8 Å². The molecule has 0 bridgehead atoms. The van der Waals surface area contributed by atoms with Gasteiger partial charge in [-0.3, -0.25) is 19.3 Å². The van der Waals surface area contributed by atoms with E-state index in [-0.39, 0.29) is 49.4 Å². The molecule has 0 aliphatic heterocycles. The van der Waals surface area contributed by atoms with Gasteiger partial charge in [0, 0.05) is 0 Å². The van der Waals surface area contributed by atoms with Gasteiger partial charge in [0.1, 0.15) is 13.2 Å². The van der Waals surface area contributed by atoms with E-state index in [0.717, 1.165) is 57.9 Å². The molecule has 0 saturated heterocycles. The van der Waals surface area contributed by atoms with E-state index in [1.807, 2.05) is 18.9 Å². The Morgan fingerprint density at radius 2 is 0.679 bits per heavy atom. The Bertz CT molecular complexity index is 789. The Kier molecular flexibility index (Phi) is 40.3. The predicted molar refractivity (Wildman–Crippen MR) is 239 cm³/mol. The fourth-order valence-corrected chi connectivity index (χ4v) is 7.70. The first-order valence-corrected chi connectivity index (χ1v) is 24.6. The lowest BCUT2D eigenvalue weighted by Gasteiger charge is -2.26. The summed E-state index contributed by atoms with van der Waals surface area (Å²) in [6, 6.07) is 0. The second-order valence-corrected chi connectivity index (χ2v) is 17.1. The van der Waals surface area contributed by atoms with Crippen LogP contribution < -0.4 is 0 Å². The lowest BCUT2D eigenvalue weighted by molar-refractivity contribution is -0.152. The molecule has 0 radical (unpaired) electrons. The molecule has 0 atom stereocenters. The third kappa shape index (κ3) is 33.4. The molecule has 0 saturated carbocycles. The first-order chi connectivity index (χ1) is 27.3. The van der Waals surface area contributed by atoms with Gasteiger partial charge in [0.15, 0.2) is 0 Å². The zero-order chi connectivity index (χ0) is 41.3. The van der Waals surface area contributed by atoms with Gasteiger partial charge in [-0.25, -0.2) is 0 Å². The highest BCUT2D eigenvalue weighted by Gasteiger charge is 2.23. The molecule has 0 spiro atoms. The molecule has 0 rings (SSSR count). The molecule has 332 valence electrons. The largest absolute Gasteiger partial charge is 0.464 e. The number of rotatable bonds is 43. The summed E-state index contributed by atoms with van der Waals surface area (Å²) in [4.78, 5) is 44.0. The average molecular weight is 793 g/mol. The summed E-state index contributed by atoms with van der Waals surface area (Å²) in [5.74, 6) is -0.369. The van der Waals surface area contributed by atoms with Gasteiger partial charge >= 0.3 is 11.9 Å². The van der Waals surface area contributed by atoms with E-state index in [9.17, 15) is 14.4 Å². The summed E-state index contributed by atoms with van der Waals surface area (Å²) in [7, 11) is 1.94. The Morgan fingerprint density at radius 1 is 0.411 bits per heavy atom. The van der Waals surface area contributed by atoms with Crippen LogP contribution in [0.1, 0.15) is 240 Å². The van der Waals surface area contributed by atoms with Gasteiger partial charge < -0.3 is 14.4 Å². The van der Waals surface area contributed by atoms with Crippen LogP contribution in [-0.4, -0.2) is 74.1 Å². The Morgan fingerprint density at radius 3 is 0.946 bits per heavy atom. The number of hydrogen-bond acceptors (Lipinski definition) is 6. The number of carbonyl (C=O) groups excluding carboxylic acids is 3. The van der Waals surface area contributed by atoms with Crippen molar-refractivity contribution in [1.82, 2.24) is 9.80 Å². The Balaban J connectivity index is 5.23. The van der Waals surface area contributed by atoms with Crippen LogP contribution in [0.3, 0.4) is 0 Å². The van der Waals surface area contributed by atoms with E-state index in [1.165, 1.54) is 154 Å². The van der Waals surface area contributed by atoms with Gasteiger partial charge in [0.25, 0.3) is 0 Å². The smallest absolute Gasteiger partial charge is 0.308 e. The van der Waals surface area contributed by atoms with Crippen LogP contribution in [0.2, 0.25) is 0 Å². The van der Waals surface area contributed by atoms with Crippen LogP contribution in [-0.2, 0) is 23.9 Å². The normalized spacial score (nSPS) is 11.6. The van der Waals surface area contributed by atoms with Crippen molar-refractivity contribution in [3.63, 3.8) is 0 Å². The molecule has 0 fully saturated rings. The van der Waals surface area contributed by atoms with Gasteiger partial charge in [0.05, 0.1) is 31.5 Å². The molecule has 0 aliphatic rings. The second-order valence-electron chi connectivity index (χ2n) is 17.1. The fraction of sp³-hybridized carbons (Fsp3) is 0.939. The molecule has 56 heavy (non-hydrogen) atoms. The molecular formula is C49H96N2O5. The Hall–Kier alpha value is -1.63. The van der Waals surface area contributed by atoms with Crippen molar-refractivity contribution in [3.8, 4) is 0 Å². The van der Waals surface area contributed by atoms with Crippen LogP contribution in [0.15, 0.2) is 0 Å². The third-order valence-electron chi connectivity index (χ3n) is 11.8. The van der Waals surface area contributed by atoms with Crippen molar-refractivity contribution < 1.29 is 23.9 Å². The number of carbonyl (C=O) groups is 3. The van der Waals surface area contributed by atoms with E-state index < -0.39 is 0 Å². The maximum Gasteiger partial charge on any atom is 0.308 e. The average Bonchev–Trinajstić information content (AvgIpc) is 3.19. The maximum absolute atomic E-state index is 13.5. The van der Waals surface area contributed by atoms with Crippen molar-refractivity contribution in [2.75, 3.05) is 46.4 Å². The molecular weight excluding hydrogens is 697 g/mol. The summed E-state index contributed by atoms with van der Waals surface area (Å²) < 4.78 is 11.8. The van der Waals surface area contributed by atoms with Crippen molar-refractivity contribution in [3.05, 3.63) is 0 Å². The zero-order valence-corrected chi connectivity index (χ0v) is 38.5. The first kappa shape index (κ1) is 54.4. The minimum absolute atomic E-state index is 0.0214. The topological polar surface area (TPSA) is 76.1 Å². The van der Waals surface area contributed by atoms with Gasteiger partial charge in [-0.1, -0.05) is 214 Å². The van der Waals surface area contributed by atoms with Gasteiger partial charge in [-0.2, -0.15) is 0 Å². The summed E-state index contributed by atoms with van der Waals surface area (Å²) in [6.07, 6.45) is 38.1. The van der Waals surface area contributed by atoms with Crippen molar-refractivity contribution in [2.24, 2.45) is 11.8 Å². The number of unbranched alkanes of at least 4 members (excludes halogenated alkanes) is 24. The van der Waals surface area contributed by atoms with Crippen molar-refractivity contribution in [1.29, 1.82) is 0 Å². The van der Waals surface area contributed by atoms with Crippen LogP contribution in [0.5, 0.6) is 0 Å². The van der Waals surface area contributed by atoms with Gasteiger partial charge in [-0.05, 0) is 39.3 Å². The molecule has 7 nitrogen and oxygen atoms in total. The van der Waals surface area contributed by atoms with E-state index in [0.29, 0.717) is 13.1 Å². The summed E-state index contributed by atoms with van der Waals surface area (Å²) in [6.45, 7) is 13.1.